The zero-order valence-corrected chi connectivity index (χ0v) is 12.3. The molecular formula is C14H21F3O4. The van der Waals surface area contributed by atoms with E-state index in [9.17, 15) is 22.8 Å². The van der Waals surface area contributed by atoms with E-state index in [2.05, 4.69) is 4.74 Å². The lowest BCUT2D eigenvalue weighted by Gasteiger charge is -2.35. The van der Waals surface area contributed by atoms with Crippen LogP contribution in [0.5, 0.6) is 0 Å². The molecule has 1 fully saturated rings. The molecule has 0 bridgehead atoms. The van der Waals surface area contributed by atoms with Gasteiger partial charge in [-0.25, -0.2) is 4.79 Å². The Morgan fingerprint density at radius 2 is 1.76 bits per heavy atom. The van der Waals surface area contributed by atoms with Crippen molar-refractivity contribution in [2.24, 2.45) is 5.92 Å². The third-order valence-electron chi connectivity index (χ3n) is 3.92. The highest BCUT2D eigenvalue weighted by Gasteiger charge is 2.42. The number of hydrogen-bond donors (Lipinski definition) is 0. The SMILES string of the molecule is CCC1(OC(=O)COC(=O)C(C)C(F)(F)F)CCCCC1. The lowest BCUT2D eigenvalue weighted by atomic mass is 9.83. The maximum atomic E-state index is 12.3. The summed E-state index contributed by atoms with van der Waals surface area (Å²) in [6.07, 6.45) is 0.431. The summed E-state index contributed by atoms with van der Waals surface area (Å²) in [5, 5.41) is 0. The standard InChI is InChI=1S/C14H21F3O4/c1-3-13(7-5-4-6-8-13)21-11(18)9-20-12(19)10(2)14(15,16)17/h10H,3-9H2,1-2H3. The maximum absolute atomic E-state index is 12.3. The van der Waals surface area contributed by atoms with Crippen molar-refractivity contribution in [1.82, 2.24) is 0 Å². The van der Waals surface area contributed by atoms with Gasteiger partial charge in [-0.1, -0.05) is 13.3 Å². The van der Waals surface area contributed by atoms with Crippen molar-refractivity contribution < 1.29 is 32.2 Å². The van der Waals surface area contributed by atoms with E-state index in [1.165, 1.54) is 0 Å². The molecule has 0 aliphatic heterocycles. The molecular weight excluding hydrogens is 289 g/mol. The first-order valence-electron chi connectivity index (χ1n) is 7.15. The fourth-order valence-corrected chi connectivity index (χ4v) is 2.38. The van der Waals surface area contributed by atoms with Crippen molar-refractivity contribution in [3.63, 3.8) is 0 Å². The van der Waals surface area contributed by atoms with Crippen LogP contribution in [0.2, 0.25) is 0 Å². The Balaban J connectivity index is 2.45. The largest absolute Gasteiger partial charge is 0.457 e. The lowest BCUT2D eigenvalue weighted by molar-refractivity contribution is -0.198. The fourth-order valence-electron chi connectivity index (χ4n) is 2.38. The molecule has 7 heteroatoms. The highest BCUT2D eigenvalue weighted by molar-refractivity contribution is 5.78. The van der Waals surface area contributed by atoms with E-state index in [0.717, 1.165) is 32.1 Å². The molecule has 1 aliphatic carbocycles. The van der Waals surface area contributed by atoms with Crippen LogP contribution in [0.15, 0.2) is 0 Å². The van der Waals surface area contributed by atoms with Crippen LogP contribution in [0.4, 0.5) is 13.2 Å². The van der Waals surface area contributed by atoms with E-state index >= 15 is 0 Å². The molecule has 0 N–H and O–H groups in total. The predicted octanol–water partition coefficient (Wildman–Crippen LogP) is 3.38. The van der Waals surface area contributed by atoms with Gasteiger partial charge in [0.1, 0.15) is 11.5 Å². The van der Waals surface area contributed by atoms with Gasteiger partial charge in [0.15, 0.2) is 6.61 Å². The van der Waals surface area contributed by atoms with Crippen molar-refractivity contribution >= 4 is 11.9 Å². The highest BCUT2D eigenvalue weighted by atomic mass is 19.4. The average molecular weight is 310 g/mol. The van der Waals surface area contributed by atoms with Crippen molar-refractivity contribution in [3.05, 3.63) is 0 Å². The molecule has 0 radical (unpaired) electrons. The number of carbonyl (C=O) groups excluding carboxylic acids is 2. The van der Waals surface area contributed by atoms with E-state index in [1.54, 1.807) is 0 Å². The molecule has 0 saturated heterocycles. The molecule has 0 heterocycles. The molecule has 21 heavy (non-hydrogen) atoms. The van der Waals surface area contributed by atoms with Gasteiger partial charge in [0.25, 0.3) is 0 Å². The second-order valence-corrected chi connectivity index (χ2v) is 5.44. The molecule has 1 atom stereocenters. The number of halogens is 3. The van der Waals surface area contributed by atoms with Crippen LogP contribution in [0, 0.1) is 5.92 Å². The van der Waals surface area contributed by atoms with Gasteiger partial charge >= 0.3 is 18.1 Å². The quantitative estimate of drug-likeness (QED) is 0.730. The molecule has 0 amide bonds. The average Bonchev–Trinajstić information content (AvgIpc) is 2.44. The van der Waals surface area contributed by atoms with E-state index in [-0.39, 0.29) is 0 Å². The van der Waals surface area contributed by atoms with Crippen molar-refractivity contribution in [2.45, 2.75) is 64.1 Å². The van der Waals surface area contributed by atoms with E-state index in [4.69, 9.17) is 4.74 Å². The molecule has 1 unspecified atom stereocenters. The summed E-state index contributed by atoms with van der Waals surface area (Å²) in [5.41, 5.74) is -0.558. The van der Waals surface area contributed by atoms with E-state index in [0.29, 0.717) is 13.3 Å². The Kier molecular flexibility index (Phi) is 6.04. The topological polar surface area (TPSA) is 52.6 Å². The van der Waals surface area contributed by atoms with Crippen molar-refractivity contribution in [1.29, 1.82) is 0 Å². The molecule has 122 valence electrons. The molecule has 0 aromatic heterocycles. The van der Waals surface area contributed by atoms with Gasteiger partial charge in [0.2, 0.25) is 0 Å². The van der Waals surface area contributed by atoms with Gasteiger partial charge in [-0.05, 0) is 39.0 Å². The van der Waals surface area contributed by atoms with Gasteiger partial charge < -0.3 is 9.47 Å². The summed E-state index contributed by atoms with van der Waals surface area (Å²) in [6.45, 7) is 1.82. The van der Waals surface area contributed by atoms with E-state index in [1.807, 2.05) is 6.92 Å². The van der Waals surface area contributed by atoms with Gasteiger partial charge in [-0.2, -0.15) is 13.2 Å². The number of hydrogen-bond acceptors (Lipinski definition) is 4. The summed E-state index contributed by atoms with van der Waals surface area (Å²) >= 11 is 0. The fraction of sp³-hybridized carbons (Fsp3) is 0.857. The number of carbonyl (C=O) groups is 2. The van der Waals surface area contributed by atoms with Crippen molar-refractivity contribution in [2.75, 3.05) is 6.61 Å². The minimum Gasteiger partial charge on any atom is -0.457 e. The smallest absolute Gasteiger partial charge is 0.401 e. The molecule has 1 rings (SSSR count). The molecule has 0 aromatic rings. The predicted molar refractivity (Wildman–Crippen MR) is 68.4 cm³/mol. The van der Waals surface area contributed by atoms with Gasteiger partial charge in [-0.15, -0.1) is 0 Å². The Morgan fingerprint density at radius 1 is 1.19 bits per heavy atom. The Hall–Kier alpha value is -1.27. The summed E-state index contributed by atoms with van der Waals surface area (Å²) in [6, 6.07) is 0. The lowest BCUT2D eigenvalue weighted by Crippen LogP contribution is -2.38. The zero-order valence-electron chi connectivity index (χ0n) is 12.3. The van der Waals surface area contributed by atoms with Crippen LogP contribution in [0.25, 0.3) is 0 Å². The van der Waals surface area contributed by atoms with Gasteiger partial charge in [-0.3, -0.25) is 4.79 Å². The minimum absolute atomic E-state index is 0.558. The molecule has 4 nitrogen and oxygen atoms in total. The first kappa shape index (κ1) is 17.8. The maximum Gasteiger partial charge on any atom is 0.401 e. The van der Waals surface area contributed by atoms with Crippen LogP contribution in [-0.4, -0.2) is 30.3 Å². The van der Waals surface area contributed by atoms with E-state index < -0.39 is 36.2 Å². The minimum atomic E-state index is -4.67. The summed E-state index contributed by atoms with van der Waals surface area (Å²) in [5.74, 6) is -4.50. The highest BCUT2D eigenvalue weighted by Crippen LogP contribution is 2.34. The van der Waals surface area contributed by atoms with Crippen LogP contribution in [0.1, 0.15) is 52.4 Å². The molecule has 0 aromatic carbocycles. The molecule has 1 saturated carbocycles. The molecule has 1 aliphatic rings. The Labute approximate surface area is 122 Å². The van der Waals surface area contributed by atoms with Gasteiger partial charge in [0, 0.05) is 0 Å². The normalized spacial score (nSPS) is 19.7. The third-order valence-corrected chi connectivity index (χ3v) is 3.92. The summed E-state index contributed by atoms with van der Waals surface area (Å²) < 4.78 is 46.6. The summed E-state index contributed by atoms with van der Waals surface area (Å²) in [4.78, 5) is 22.9. The Morgan fingerprint density at radius 3 is 2.24 bits per heavy atom. The Bertz CT molecular complexity index is 373. The monoisotopic (exact) mass is 310 g/mol. The number of alkyl halides is 3. The second-order valence-electron chi connectivity index (χ2n) is 5.44. The third kappa shape index (κ3) is 5.21. The number of esters is 2. The first-order valence-corrected chi connectivity index (χ1v) is 7.15. The van der Waals surface area contributed by atoms with Crippen LogP contribution >= 0.6 is 0 Å². The second kappa shape index (κ2) is 7.13. The first-order chi connectivity index (χ1) is 9.70. The van der Waals surface area contributed by atoms with Crippen molar-refractivity contribution in [3.8, 4) is 0 Å². The summed E-state index contributed by atoms with van der Waals surface area (Å²) in [7, 11) is 0. The number of rotatable bonds is 5. The number of ether oxygens (including phenoxy) is 2. The van der Waals surface area contributed by atoms with Gasteiger partial charge in [0.05, 0.1) is 0 Å². The van der Waals surface area contributed by atoms with Crippen LogP contribution < -0.4 is 0 Å². The zero-order chi connectivity index (χ0) is 16.1. The molecule has 0 spiro atoms. The van der Waals surface area contributed by atoms with Crippen LogP contribution in [0.3, 0.4) is 0 Å². The van der Waals surface area contributed by atoms with Crippen LogP contribution in [-0.2, 0) is 19.1 Å².